The first-order valence-corrected chi connectivity index (χ1v) is 5.73. The Morgan fingerprint density at radius 3 is 2.42 bits per heavy atom. The highest BCUT2D eigenvalue weighted by Gasteiger charge is 2.10. The lowest BCUT2D eigenvalue weighted by Crippen LogP contribution is -2.22. The van der Waals surface area contributed by atoms with Crippen LogP contribution in [-0.4, -0.2) is 17.0 Å². The minimum absolute atomic E-state index is 0.139. The summed E-state index contributed by atoms with van der Waals surface area (Å²) in [6.45, 7) is 2.10. The lowest BCUT2D eigenvalue weighted by Gasteiger charge is -2.03. The number of hydrogen-bond donors (Lipinski definition) is 2. The summed E-state index contributed by atoms with van der Waals surface area (Å²) >= 11 is 0. The first-order chi connectivity index (χ1) is 9.06. The van der Waals surface area contributed by atoms with Gasteiger partial charge in [-0.05, 0) is 31.2 Å². The first-order valence-electron chi connectivity index (χ1n) is 5.73. The highest BCUT2D eigenvalue weighted by atomic mass is 16.4. The van der Waals surface area contributed by atoms with E-state index >= 15 is 0 Å². The standard InChI is InChI=1S/C14H13NO4/c1-9-2-4-10(5-3-9)13(16)15-8-11-6-7-12(19-11)14(17)18/h2-7H,8H2,1H3,(H,15,16)(H,17,18). The molecule has 5 nitrogen and oxygen atoms in total. The predicted molar refractivity (Wildman–Crippen MR) is 68.0 cm³/mol. The molecule has 2 rings (SSSR count). The van der Waals surface area contributed by atoms with Gasteiger partial charge in [-0.1, -0.05) is 17.7 Å². The van der Waals surface area contributed by atoms with Crippen LogP contribution < -0.4 is 5.32 Å². The van der Waals surface area contributed by atoms with Gasteiger partial charge in [-0.2, -0.15) is 0 Å². The zero-order valence-corrected chi connectivity index (χ0v) is 10.3. The number of amides is 1. The van der Waals surface area contributed by atoms with Gasteiger partial charge in [0.05, 0.1) is 6.54 Å². The summed E-state index contributed by atoms with van der Waals surface area (Å²) in [5, 5.41) is 11.4. The van der Waals surface area contributed by atoms with Gasteiger partial charge in [-0.15, -0.1) is 0 Å². The Morgan fingerprint density at radius 1 is 1.16 bits per heavy atom. The molecule has 1 heterocycles. The van der Waals surface area contributed by atoms with Crippen molar-refractivity contribution >= 4 is 11.9 Å². The van der Waals surface area contributed by atoms with Crippen LogP contribution in [0.2, 0.25) is 0 Å². The average Bonchev–Trinajstić information content (AvgIpc) is 2.86. The van der Waals surface area contributed by atoms with Gasteiger partial charge >= 0.3 is 5.97 Å². The van der Waals surface area contributed by atoms with Crippen molar-refractivity contribution in [1.82, 2.24) is 5.32 Å². The van der Waals surface area contributed by atoms with Crippen LogP contribution in [0.15, 0.2) is 40.8 Å². The van der Waals surface area contributed by atoms with Gasteiger partial charge < -0.3 is 14.8 Å². The molecule has 1 aromatic carbocycles. The maximum absolute atomic E-state index is 11.8. The van der Waals surface area contributed by atoms with E-state index in [0.717, 1.165) is 5.56 Å². The molecule has 0 bridgehead atoms. The number of aryl methyl sites for hydroxylation is 1. The smallest absolute Gasteiger partial charge is 0.371 e. The van der Waals surface area contributed by atoms with Crippen molar-refractivity contribution in [2.45, 2.75) is 13.5 Å². The number of carboxylic acid groups (broad SMARTS) is 1. The summed E-state index contributed by atoms with van der Waals surface area (Å²) < 4.78 is 5.04. The number of furan rings is 1. The Bertz CT molecular complexity index is 598. The van der Waals surface area contributed by atoms with E-state index in [9.17, 15) is 9.59 Å². The maximum Gasteiger partial charge on any atom is 0.371 e. The van der Waals surface area contributed by atoms with E-state index in [-0.39, 0.29) is 18.2 Å². The molecule has 0 saturated heterocycles. The molecule has 0 atom stereocenters. The molecule has 0 unspecified atom stereocenters. The summed E-state index contributed by atoms with van der Waals surface area (Å²) in [5.74, 6) is -1.10. The van der Waals surface area contributed by atoms with E-state index in [1.807, 2.05) is 19.1 Å². The highest BCUT2D eigenvalue weighted by molar-refractivity contribution is 5.94. The second-order valence-electron chi connectivity index (χ2n) is 4.12. The van der Waals surface area contributed by atoms with E-state index in [2.05, 4.69) is 5.32 Å². The largest absolute Gasteiger partial charge is 0.475 e. The Kier molecular flexibility index (Phi) is 3.66. The van der Waals surface area contributed by atoms with Gasteiger partial charge in [0.15, 0.2) is 0 Å². The lowest BCUT2D eigenvalue weighted by molar-refractivity contribution is 0.0660. The van der Waals surface area contributed by atoms with Crippen molar-refractivity contribution in [2.24, 2.45) is 0 Å². The number of aromatic carboxylic acids is 1. The molecule has 0 spiro atoms. The van der Waals surface area contributed by atoms with E-state index < -0.39 is 5.97 Å². The number of carbonyl (C=O) groups is 2. The Morgan fingerprint density at radius 2 is 1.84 bits per heavy atom. The normalized spacial score (nSPS) is 10.2. The summed E-state index contributed by atoms with van der Waals surface area (Å²) in [6, 6.07) is 10.0. The van der Waals surface area contributed by atoms with Crippen molar-refractivity contribution in [2.75, 3.05) is 0 Å². The van der Waals surface area contributed by atoms with Gasteiger partial charge in [-0.3, -0.25) is 4.79 Å². The fourth-order valence-corrected chi connectivity index (χ4v) is 1.56. The van der Waals surface area contributed by atoms with Crippen LogP contribution in [0.4, 0.5) is 0 Å². The van der Waals surface area contributed by atoms with Crippen LogP contribution in [0, 0.1) is 6.92 Å². The molecular weight excluding hydrogens is 246 g/mol. The maximum atomic E-state index is 11.8. The number of benzene rings is 1. The zero-order chi connectivity index (χ0) is 13.8. The minimum Gasteiger partial charge on any atom is -0.475 e. The van der Waals surface area contributed by atoms with Crippen molar-refractivity contribution in [3.8, 4) is 0 Å². The lowest BCUT2D eigenvalue weighted by atomic mass is 10.1. The molecule has 2 N–H and O–H groups in total. The SMILES string of the molecule is Cc1ccc(C(=O)NCc2ccc(C(=O)O)o2)cc1. The van der Waals surface area contributed by atoms with Gasteiger partial charge in [0.1, 0.15) is 5.76 Å². The predicted octanol–water partition coefficient (Wildman–Crippen LogP) is 2.22. The third-order valence-corrected chi connectivity index (χ3v) is 2.61. The zero-order valence-electron chi connectivity index (χ0n) is 10.3. The Labute approximate surface area is 109 Å². The molecule has 0 aliphatic rings. The van der Waals surface area contributed by atoms with Crippen LogP contribution >= 0.6 is 0 Å². The van der Waals surface area contributed by atoms with Crippen molar-refractivity contribution < 1.29 is 19.1 Å². The van der Waals surface area contributed by atoms with Crippen LogP contribution in [0.25, 0.3) is 0 Å². The molecule has 0 fully saturated rings. The third kappa shape index (κ3) is 3.22. The van der Waals surface area contributed by atoms with Gasteiger partial charge in [-0.25, -0.2) is 4.79 Å². The van der Waals surface area contributed by atoms with Gasteiger partial charge in [0, 0.05) is 5.56 Å². The molecule has 98 valence electrons. The third-order valence-electron chi connectivity index (χ3n) is 2.61. The number of carboxylic acids is 1. The number of nitrogens with one attached hydrogen (secondary N) is 1. The summed E-state index contributed by atoms with van der Waals surface area (Å²) in [4.78, 5) is 22.4. The van der Waals surface area contributed by atoms with E-state index in [4.69, 9.17) is 9.52 Å². The summed E-state index contributed by atoms with van der Waals surface area (Å²) in [5.41, 5.74) is 1.63. The molecule has 19 heavy (non-hydrogen) atoms. The average molecular weight is 259 g/mol. The van der Waals surface area contributed by atoms with Crippen LogP contribution in [0.1, 0.15) is 32.2 Å². The van der Waals surface area contributed by atoms with Crippen molar-refractivity contribution in [1.29, 1.82) is 0 Å². The quantitative estimate of drug-likeness (QED) is 0.882. The topological polar surface area (TPSA) is 79.5 Å². The van der Waals surface area contributed by atoms with Crippen LogP contribution in [-0.2, 0) is 6.54 Å². The van der Waals surface area contributed by atoms with E-state index in [1.165, 1.54) is 12.1 Å². The van der Waals surface area contributed by atoms with E-state index in [0.29, 0.717) is 11.3 Å². The fraction of sp³-hybridized carbons (Fsp3) is 0.143. The summed E-state index contributed by atoms with van der Waals surface area (Å²) in [7, 11) is 0. The molecule has 0 saturated carbocycles. The van der Waals surface area contributed by atoms with Crippen LogP contribution in [0.3, 0.4) is 0 Å². The van der Waals surface area contributed by atoms with Gasteiger partial charge in [0.2, 0.25) is 5.76 Å². The second kappa shape index (κ2) is 5.39. The van der Waals surface area contributed by atoms with Gasteiger partial charge in [0.25, 0.3) is 5.91 Å². The second-order valence-corrected chi connectivity index (χ2v) is 4.12. The Hall–Kier alpha value is -2.56. The number of carbonyl (C=O) groups excluding carboxylic acids is 1. The monoisotopic (exact) mass is 259 g/mol. The molecule has 0 aliphatic carbocycles. The molecule has 1 amide bonds. The molecule has 0 radical (unpaired) electrons. The molecule has 2 aromatic rings. The molecule has 0 aliphatic heterocycles. The molecule has 5 heteroatoms. The van der Waals surface area contributed by atoms with E-state index in [1.54, 1.807) is 12.1 Å². The fourth-order valence-electron chi connectivity index (χ4n) is 1.56. The number of rotatable bonds is 4. The minimum atomic E-state index is -1.13. The highest BCUT2D eigenvalue weighted by Crippen LogP contribution is 2.08. The summed E-state index contributed by atoms with van der Waals surface area (Å²) in [6.07, 6.45) is 0. The van der Waals surface area contributed by atoms with Crippen molar-refractivity contribution in [3.05, 3.63) is 59.0 Å². The molecule has 1 aromatic heterocycles. The van der Waals surface area contributed by atoms with Crippen molar-refractivity contribution in [3.63, 3.8) is 0 Å². The van der Waals surface area contributed by atoms with Crippen LogP contribution in [0.5, 0.6) is 0 Å². The molecular formula is C14H13NO4. The first kappa shape index (κ1) is 12.9. The Balaban J connectivity index is 1.96. The number of hydrogen-bond acceptors (Lipinski definition) is 3.